The van der Waals surface area contributed by atoms with Crippen LogP contribution in [0, 0.1) is 6.92 Å². The molecule has 0 spiro atoms. The molecule has 0 saturated carbocycles. The van der Waals surface area contributed by atoms with Crippen LogP contribution in [0.5, 0.6) is 0 Å². The highest BCUT2D eigenvalue weighted by Gasteiger charge is 2.19. The molecule has 0 aliphatic carbocycles. The Bertz CT molecular complexity index is 1160. The van der Waals surface area contributed by atoms with E-state index in [0.717, 1.165) is 50.2 Å². The maximum atomic E-state index is 12.8. The first-order chi connectivity index (χ1) is 16.0. The summed E-state index contributed by atoms with van der Waals surface area (Å²) in [5.41, 5.74) is 4.14. The highest BCUT2D eigenvalue weighted by atomic mass is 16.2. The van der Waals surface area contributed by atoms with E-state index in [4.69, 9.17) is 0 Å². The molecule has 33 heavy (non-hydrogen) atoms. The lowest BCUT2D eigenvalue weighted by Gasteiger charge is -2.36. The first kappa shape index (κ1) is 23.1. The van der Waals surface area contributed by atoms with Crippen LogP contribution in [0.2, 0.25) is 0 Å². The number of amides is 1. The molecule has 1 N–H and O–H groups in total. The molecular formula is C26H35N5O2. The van der Waals surface area contributed by atoms with Crippen molar-refractivity contribution in [3.8, 4) is 0 Å². The first-order valence-corrected chi connectivity index (χ1v) is 12.0. The lowest BCUT2D eigenvalue weighted by atomic mass is 10.1. The maximum absolute atomic E-state index is 12.8. The van der Waals surface area contributed by atoms with E-state index in [1.165, 1.54) is 11.3 Å². The molecule has 1 aliphatic heterocycles. The normalized spacial score (nSPS) is 15.7. The number of aryl methyl sites for hydroxylation is 2. The van der Waals surface area contributed by atoms with Crippen molar-refractivity contribution in [2.75, 3.05) is 37.6 Å². The zero-order chi connectivity index (χ0) is 23.4. The lowest BCUT2D eigenvalue weighted by molar-refractivity contribution is -0.122. The monoisotopic (exact) mass is 449 g/mol. The number of carbonyl (C=O) groups is 1. The van der Waals surface area contributed by atoms with E-state index in [-0.39, 0.29) is 24.2 Å². The van der Waals surface area contributed by atoms with E-state index in [1.807, 2.05) is 38.1 Å². The highest BCUT2D eigenvalue weighted by Crippen LogP contribution is 2.18. The molecule has 2 aromatic carbocycles. The Morgan fingerprint density at radius 1 is 1.00 bits per heavy atom. The van der Waals surface area contributed by atoms with Gasteiger partial charge in [0.25, 0.3) is 0 Å². The van der Waals surface area contributed by atoms with Crippen LogP contribution in [0.1, 0.15) is 25.8 Å². The van der Waals surface area contributed by atoms with Crippen LogP contribution in [0.4, 0.5) is 5.69 Å². The van der Waals surface area contributed by atoms with Gasteiger partial charge in [0.15, 0.2) is 0 Å². The van der Waals surface area contributed by atoms with Gasteiger partial charge in [0.2, 0.25) is 5.91 Å². The van der Waals surface area contributed by atoms with Gasteiger partial charge in [-0.2, -0.15) is 0 Å². The van der Waals surface area contributed by atoms with Crippen LogP contribution in [0.3, 0.4) is 0 Å². The number of nitrogens with one attached hydrogen (secondary N) is 1. The fourth-order valence-corrected chi connectivity index (χ4v) is 4.70. The zero-order valence-electron chi connectivity index (χ0n) is 20.0. The van der Waals surface area contributed by atoms with Crippen LogP contribution < -0.4 is 15.9 Å². The molecule has 0 unspecified atom stereocenters. The van der Waals surface area contributed by atoms with Gasteiger partial charge >= 0.3 is 5.69 Å². The minimum absolute atomic E-state index is 0.0475. The predicted molar refractivity (Wildman–Crippen MR) is 134 cm³/mol. The molecule has 4 rings (SSSR count). The molecule has 176 valence electrons. The summed E-state index contributed by atoms with van der Waals surface area (Å²) < 4.78 is 3.29. The van der Waals surface area contributed by atoms with Gasteiger partial charge in [-0.1, -0.05) is 24.3 Å². The molecule has 1 aliphatic rings. The van der Waals surface area contributed by atoms with Gasteiger partial charge in [0, 0.05) is 51.0 Å². The average molecular weight is 450 g/mol. The largest absolute Gasteiger partial charge is 0.369 e. The Kier molecular flexibility index (Phi) is 7.18. The van der Waals surface area contributed by atoms with E-state index in [2.05, 4.69) is 46.3 Å². The summed E-state index contributed by atoms with van der Waals surface area (Å²) in [4.78, 5) is 30.4. The summed E-state index contributed by atoms with van der Waals surface area (Å²) in [6.45, 7) is 11.8. The summed E-state index contributed by atoms with van der Waals surface area (Å²) in [7, 11) is 0. The second-order valence-corrected chi connectivity index (χ2v) is 9.03. The first-order valence-electron chi connectivity index (χ1n) is 12.0. The number of hydrogen-bond donors (Lipinski definition) is 1. The molecule has 1 aromatic heterocycles. The third kappa shape index (κ3) is 5.30. The number of hydrogen-bond acceptors (Lipinski definition) is 4. The molecule has 1 amide bonds. The van der Waals surface area contributed by atoms with Crippen LogP contribution >= 0.6 is 0 Å². The summed E-state index contributed by atoms with van der Waals surface area (Å²) in [6, 6.07) is 16.4. The Morgan fingerprint density at radius 3 is 2.36 bits per heavy atom. The molecule has 0 bridgehead atoms. The van der Waals surface area contributed by atoms with Crippen molar-refractivity contribution < 1.29 is 4.79 Å². The zero-order valence-corrected chi connectivity index (χ0v) is 20.0. The van der Waals surface area contributed by atoms with Crippen molar-refractivity contribution in [3.05, 3.63) is 64.6 Å². The number of imidazole rings is 1. The molecule has 2 heterocycles. The van der Waals surface area contributed by atoms with Crippen LogP contribution in [-0.2, 0) is 17.9 Å². The Hall–Kier alpha value is -3.06. The van der Waals surface area contributed by atoms with E-state index < -0.39 is 0 Å². The quantitative estimate of drug-likeness (QED) is 0.575. The Labute approximate surface area is 195 Å². The summed E-state index contributed by atoms with van der Waals surface area (Å²) in [5, 5.41) is 3.08. The van der Waals surface area contributed by atoms with Gasteiger partial charge in [-0.05, 0) is 57.0 Å². The smallest absolute Gasteiger partial charge is 0.329 e. The SMILES string of the molecule is CCn1c(=O)n(CC(=O)N[C@@H](C)CCN2CCN(c3cccc(C)c3)CC2)c2ccccc21. The third-order valence-corrected chi connectivity index (χ3v) is 6.57. The highest BCUT2D eigenvalue weighted by molar-refractivity contribution is 5.81. The van der Waals surface area contributed by atoms with Crippen LogP contribution in [0.15, 0.2) is 53.3 Å². The number of anilines is 1. The number of rotatable bonds is 8. The third-order valence-electron chi connectivity index (χ3n) is 6.57. The number of para-hydroxylation sites is 2. The number of fused-ring (bicyclic) bond motifs is 1. The standard InChI is InChI=1S/C26H35N5O2/c1-4-30-23-10-5-6-11-24(23)31(26(30)33)19-25(32)27-21(3)12-13-28-14-16-29(17-15-28)22-9-7-8-20(2)18-22/h5-11,18,21H,4,12-17,19H2,1-3H3,(H,27,32)/t21-/m0/s1. The van der Waals surface area contributed by atoms with Crippen molar-refractivity contribution in [2.24, 2.45) is 0 Å². The second-order valence-electron chi connectivity index (χ2n) is 9.03. The van der Waals surface area contributed by atoms with Gasteiger partial charge < -0.3 is 10.2 Å². The van der Waals surface area contributed by atoms with Gasteiger partial charge in [-0.3, -0.25) is 18.8 Å². The van der Waals surface area contributed by atoms with Gasteiger partial charge in [-0.15, -0.1) is 0 Å². The van der Waals surface area contributed by atoms with Crippen molar-refractivity contribution >= 4 is 22.6 Å². The number of nitrogens with zero attached hydrogens (tertiary/aromatic N) is 4. The lowest BCUT2D eigenvalue weighted by Crippen LogP contribution is -2.47. The summed E-state index contributed by atoms with van der Waals surface area (Å²) in [5.74, 6) is -0.118. The number of benzene rings is 2. The van der Waals surface area contributed by atoms with Crippen molar-refractivity contribution in [3.63, 3.8) is 0 Å². The van der Waals surface area contributed by atoms with Gasteiger partial charge in [0.1, 0.15) is 6.54 Å². The van der Waals surface area contributed by atoms with E-state index in [9.17, 15) is 9.59 Å². The molecule has 1 fully saturated rings. The van der Waals surface area contributed by atoms with Crippen molar-refractivity contribution in [2.45, 2.75) is 46.3 Å². The molecule has 1 atom stereocenters. The molecule has 7 nitrogen and oxygen atoms in total. The molecule has 1 saturated heterocycles. The maximum Gasteiger partial charge on any atom is 0.329 e. The topological polar surface area (TPSA) is 62.5 Å². The van der Waals surface area contributed by atoms with Crippen molar-refractivity contribution in [1.82, 2.24) is 19.4 Å². The summed E-state index contributed by atoms with van der Waals surface area (Å²) in [6.07, 6.45) is 0.891. The molecule has 3 aromatic rings. The van der Waals surface area contributed by atoms with Crippen LogP contribution in [0.25, 0.3) is 11.0 Å². The van der Waals surface area contributed by atoms with E-state index >= 15 is 0 Å². The Balaban J connectivity index is 1.26. The predicted octanol–water partition coefficient (Wildman–Crippen LogP) is 2.85. The van der Waals surface area contributed by atoms with Crippen LogP contribution in [-0.4, -0.2) is 58.7 Å². The fraction of sp³-hybridized carbons (Fsp3) is 0.462. The summed E-state index contributed by atoms with van der Waals surface area (Å²) >= 11 is 0. The fourth-order valence-electron chi connectivity index (χ4n) is 4.70. The van der Waals surface area contributed by atoms with E-state index in [0.29, 0.717) is 6.54 Å². The minimum Gasteiger partial charge on any atom is -0.369 e. The number of piperazine rings is 1. The molecule has 7 heteroatoms. The van der Waals surface area contributed by atoms with E-state index in [1.54, 1.807) is 9.13 Å². The second kappa shape index (κ2) is 10.3. The van der Waals surface area contributed by atoms with Gasteiger partial charge in [-0.25, -0.2) is 4.79 Å². The Morgan fingerprint density at radius 2 is 1.70 bits per heavy atom. The number of carbonyl (C=O) groups excluding carboxylic acids is 1. The minimum atomic E-state index is -0.131. The molecule has 0 radical (unpaired) electrons. The average Bonchev–Trinajstić information content (AvgIpc) is 3.08. The number of aromatic nitrogens is 2. The van der Waals surface area contributed by atoms with Crippen molar-refractivity contribution in [1.29, 1.82) is 0 Å². The molecular weight excluding hydrogens is 414 g/mol. The van der Waals surface area contributed by atoms with Gasteiger partial charge in [0.05, 0.1) is 11.0 Å².